The zero-order chi connectivity index (χ0) is 47.9. The van der Waals surface area contributed by atoms with Gasteiger partial charge in [-0.3, -0.25) is 14.4 Å². The molecule has 1 unspecified atom stereocenters. The van der Waals surface area contributed by atoms with Gasteiger partial charge in [0.1, 0.15) is 13.2 Å². The summed E-state index contributed by atoms with van der Waals surface area (Å²) in [6.07, 6.45) is 76.5. The van der Waals surface area contributed by atoms with Crippen molar-refractivity contribution in [3.05, 3.63) is 158 Å². The summed E-state index contributed by atoms with van der Waals surface area (Å²) in [7, 11) is 0. The Kier molecular flexibility index (Phi) is 48.7. The summed E-state index contributed by atoms with van der Waals surface area (Å²) in [6.45, 7) is 6.14. The van der Waals surface area contributed by atoms with Crippen LogP contribution in [0.4, 0.5) is 0 Å². The van der Waals surface area contributed by atoms with E-state index in [9.17, 15) is 14.4 Å². The molecule has 0 saturated heterocycles. The molecule has 1 atom stereocenters. The van der Waals surface area contributed by atoms with Gasteiger partial charge in [-0.15, -0.1) is 0 Å². The number of esters is 3. The highest BCUT2D eigenvalue weighted by molar-refractivity contribution is 5.71. The number of ether oxygens (including phenoxy) is 3. The van der Waals surface area contributed by atoms with E-state index in [1.54, 1.807) is 0 Å². The van der Waals surface area contributed by atoms with E-state index in [1.165, 1.54) is 19.3 Å². The maximum Gasteiger partial charge on any atom is 0.306 e. The molecule has 366 valence electrons. The van der Waals surface area contributed by atoms with Gasteiger partial charge in [-0.25, -0.2) is 0 Å². The van der Waals surface area contributed by atoms with E-state index in [2.05, 4.69) is 118 Å². The Morgan fingerprint density at radius 3 is 1.05 bits per heavy atom. The van der Waals surface area contributed by atoms with Crippen LogP contribution >= 0.6 is 0 Å². The van der Waals surface area contributed by atoms with Gasteiger partial charge in [0.2, 0.25) is 0 Å². The highest BCUT2D eigenvalue weighted by atomic mass is 16.6. The van der Waals surface area contributed by atoms with Crippen LogP contribution in [0.2, 0.25) is 0 Å². The number of hydrogen-bond acceptors (Lipinski definition) is 6. The van der Waals surface area contributed by atoms with Gasteiger partial charge in [0.05, 0.1) is 0 Å². The summed E-state index contributed by atoms with van der Waals surface area (Å²) < 4.78 is 16.7. The first-order valence-electron chi connectivity index (χ1n) is 25.6. The minimum absolute atomic E-state index is 0.120. The van der Waals surface area contributed by atoms with Gasteiger partial charge in [0.15, 0.2) is 6.10 Å². The standard InChI is InChI=1S/C60H90O6/c1-4-7-10-13-16-19-22-25-28-30-33-35-38-41-44-47-50-53-59(62)65-56-57(55-64-58(61)52-49-46-43-40-37-34-31-27-24-21-18-15-12-9-6-3)66-60(63)54-51-48-45-42-39-36-32-29-26-23-20-17-14-11-8-5-2/h7-13,15-22,24-26,28-30,33,35-36,38-39,57H,4-6,14,23,27,31-32,34,37,40-56H2,1-3H3/b10-7-,11-8-,12-9-,16-13-,18-15-,20-17-,22-19-,24-21-,28-25-,29-26-,33-30+,38-35-,39-36-. The first kappa shape index (κ1) is 61.0. The van der Waals surface area contributed by atoms with Crippen molar-refractivity contribution in [3.63, 3.8) is 0 Å². The third kappa shape index (κ3) is 50.0. The number of rotatable bonds is 43. The van der Waals surface area contributed by atoms with Crippen LogP contribution in [0.15, 0.2) is 158 Å². The molecule has 0 rings (SSSR count). The van der Waals surface area contributed by atoms with E-state index in [4.69, 9.17) is 14.2 Å². The van der Waals surface area contributed by atoms with Crippen molar-refractivity contribution >= 4 is 17.9 Å². The number of allylic oxidation sites excluding steroid dienone is 26. The van der Waals surface area contributed by atoms with Gasteiger partial charge in [-0.05, 0) is 96.3 Å². The fourth-order valence-corrected chi connectivity index (χ4v) is 6.23. The van der Waals surface area contributed by atoms with Crippen molar-refractivity contribution < 1.29 is 28.6 Å². The van der Waals surface area contributed by atoms with Crippen molar-refractivity contribution in [2.75, 3.05) is 13.2 Å². The average molecular weight is 907 g/mol. The summed E-state index contributed by atoms with van der Waals surface area (Å²) in [6, 6.07) is 0. The number of unbranched alkanes of at least 4 members (excludes halogenated alkanes) is 13. The third-order valence-electron chi connectivity index (χ3n) is 9.98. The van der Waals surface area contributed by atoms with Crippen LogP contribution in [-0.2, 0) is 28.6 Å². The molecule has 0 aromatic heterocycles. The molecule has 0 aromatic carbocycles. The normalized spacial score (nSPS) is 13.4. The maximum atomic E-state index is 12.8. The summed E-state index contributed by atoms with van der Waals surface area (Å²) in [4.78, 5) is 38.0. The molecular weight excluding hydrogens is 817 g/mol. The SMILES string of the molecule is CC\C=C/C=C\C=C/C=C\C=C\C=C/CCCCCC(=O)OCC(COC(=O)CCCCCCCCC\C=C/C=C\C=C/CC)OC(=O)CCCCC/C=C\C/C=C\C/C=C\C/C=C\CC. The summed E-state index contributed by atoms with van der Waals surface area (Å²) >= 11 is 0. The lowest BCUT2D eigenvalue weighted by molar-refractivity contribution is -0.167. The molecule has 0 saturated carbocycles. The molecule has 0 bridgehead atoms. The molecule has 66 heavy (non-hydrogen) atoms. The van der Waals surface area contributed by atoms with Crippen LogP contribution in [0.5, 0.6) is 0 Å². The van der Waals surface area contributed by atoms with Crippen molar-refractivity contribution in [1.82, 2.24) is 0 Å². The van der Waals surface area contributed by atoms with E-state index < -0.39 is 6.10 Å². The highest BCUT2D eigenvalue weighted by Gasteiger charge is 2.19. The predicted molar refractivity (Wildman–Crippen MR) is 283 cm³/mol. The Morgan fingerprint density at radius 2 is 0.621 bits per heavy atom. The second kappa shape index (κ2) is 52.7. The largest absolute Gasteiger partial charge is 0.462 e. The molecular formula is C60H90O6. The average Bonchev–Trinajstić information content (AvgIpc) is 3.31. The molecule has 0 aliphatic heterocycles. The van der Waals surface area contributed by atoms with Crippen molar-refractivity contribution in [2.24, 2.45) is 0 Å². The minimum atomic E-state index is -0.826. The number of carbonyl (C=O) groups is 3. The van der Waals surface area contributed by atoms with E-state index >= 15 is 0 Å². The summed E-state index contributed by atoms with van der Waals surface area (Å²) in [5.41, 5.74) is 0. The molecule has 6 nitrogen and oxygen atoms in total. The Bertz CT molecular complexity index is 1560. The van der Waals surface area contributed by atoms with Gasteiger partial charge in [0, 0.05) is 19.3 Å². The molecule has 0 fully saturated rings. The molecule has 0 amide bonds. The maximum absolute atomic E-state index is 12.8. The Labute approximate surface area is 403 Å². The molecule has 0 heterocycles. The number of carbonyl (C=O) groups excluding carboxylic acids is 3. The zero-order valence-electron chi connectivity index (χ0n) is 41.6. The molecule has 0 spiro atoms. The van der Waals surface area contributed by atoms with Crippen LogP contribution < -0.4 is 0 Å². The van der Waals surface area contributed by atoms with Gasteiger partial charge in [-0.1, -0.05) is 224 Å². The van der Waals surface area contributed by atoms with E-state index in [0.717, 1.165) is 109 Å². The molecule has 6 heteroatoms. The fraction of sp³-hybridized carbons (Fsp3) is 0.517. The lowest BCUT2D eigenvalue weighted by Gasteiger charge is -2.18. The lowest BCUT2D eigenvalue weighted by atomic mass is 10.1. The van der Waals surface area contributed by atoms with Gasteiger partial charge in [-0.2, -0.15) is 0 Å². The summed E-state index contributed by atoms with van der Waals surface area (Å²) in [5.74, 6) is -1.02. The molecule has 0 aliphatic rings. The van der Waals surface area contributed by atoms with Crippen molar-refractivity contribution in [1.29, 1.82) is 0 Å². The first-order valence-corrected chi connectivity index (χ1v) is 25.6. The molecule has 0 N–H and O–H groups in total. The van der Waals surface area contributed by atoms with Crippen molar-refractivity contribution in [3.8, 4) is 0 Å². The van der Waals surface area contributed by atoms with Crippen LogP contribution in [-0.4, -0.2) is 37.2 Å². The highest BCUT2D eigenvalue weighted by Crippen LogP contribution is 2.12. The van der Waals surface area contributed by atoms with Crippen molar-refractivity contribution in [2.45, 2.75) is 187 Å². The summed E-state index contributed by atoms with van der Waals surface area (Å²) in [5, 5.41) is 0. The minimum Gasteiger partial charge on any atom is -0.462 e. The Morgan fingerprint density at radius 1 is 0.318 bits per heavy atom. The second-order valence-electron chi connectivity index (χ2n) is 16.1. The van der Waals surface area contributed by atoms with E-state index in [-0.39, 0.29) is 44.0 Å². The first-order chi connectivity index (χ1) is 32.5. The van der Waals surface area contributed by atoms with Crippen LogP contribution in [0, 0.1) is 0 Å². The fourth-order valence-electron chi connectivity index (χ4n) is 6.23. The lowest BCUT2D eigenvalue weighted by Crippen LogP contribution is -2.30. The van der Waals surface area contributed by atoms with Crippen LogP contribution in [0.25, 0.3) is 0 Å². The van der Waals surface area contributed by atoms with E-state index in [0.29, 0.717) is 19.3 Å². The topological polar surface area (TPSA) is 78.9 Å². The van der Waals surface area contributed by atoms with Crippen LogP contribution in [0.3, 0.4) is 0 Å². The zero-order valence-corrected chi connectivity index (χ0v) is 41.6. The van der Waals surface area contributed by atoms with Gasteiger partial charge in [0.25, 0.3) is 0 Å². The quantitative estimate of drug-likeness (QED) is 0.0199. The van der Waals surface area contributed by atoms with Gasteiger partial charge < -0.3 is 14.2 Å². The Balaban J connectivity index is 4.60. The third-order valence-corrected chi connectivity index (χ3v) is 9.98. The monoisotopic (exact) mass is 907 g/mol. The van der Waals surface area contributed by atoms with Crippen LogP contribution in [0.1, 0.15) is 181 Å². The second-order valence-corrected chi connectivity index (χ2v) is 16.1. The predicted octanol–water partition coefficient (Wildman–Crippen LogP) is 17.0. The smallest absolute Gasteiger partial charge is 0.306 e. The van der Waals surface area contributed by atoms with E-state index in [1.807, 2.05) is 60.8 Å². The van der Waals surface area contributed by atoms with Gasteiger partial charge >= 0.3 is 17.9 Å². The molecule has 0 aliphatic carbocycles. The molecule has 0 aromatic rings. The number of hydrogen-bond donors (Lipinski definition) is 0. The Hall–Kier alpha value is -4.97. The molecule has 0 radical (unpaired) electrons.